The second kappa shape index (κ2) is 6.44. The number of imidazole rings is 1. The number of nitrogens with one attached hydrogen (secondary N) is 1. The minimum Gasteiger partial charge on any atom is -0.493 e. The molecule has 0 bridgehead atoms. The molecule has 0 spiro atoms. The van der Waals surface area contributed by atoms with E-state index in [0.29, 0.717) is 23.1 Å². The zero-order chi connectivity index (χ0) is 18.1. The second-order valence-corrected chi connectivity index (χ2v) is 5.64. The van der Waals surface area contributed by atoms with Crippen molar-refractivity contribution in [3.63, 3.8) is 0 Å². The summed E-state index contributed by atoms with van der Waals surface area (Å²) in [4.78, 5) is 9.00. The molecule has 0 saturated heterocycles. The number of aromatic nitrogens is 3. The summed E-state index contributed by atoms with van der Waals surface area (Å²) in [7, 11) is 4.75. The molecular formula is C19H18N4O3. The van der Waals surface area contributed by atoms with E-state index in [1.165, 1.54) is 0 Å². The Kier molecular flexibility index (Phi) is 3.96. The Morgan fingerprint density at radius 2 is 1.65 bits per heavy atom. The minimum absolute atomic E-state index is 0.543. The zero-order valence-electron chi connectivity index (χ0n) is 14.7. The second-order valence-electron chi connectivity index (χ2n) is 5.64. The molecule has 0 aliphatic heterocycles. The van der Waals surface area contributed by atoms with Crippen LogP contribution in [0.1, 0.15) is 0 Å². The van der Waals surface area contributed by atoms with Gasteiger partial charge in [0.05, 0.1) is 44.9 Å². The van der Waals surface area contributed by atoms with Gasteiger partial charge in [-0.2, -0.15) is 0 Å². The largest absolute Gasteiger partial charge is 0.493 e. The third kappa shape index (κ3) is 2.54. The van der Waals surface area contributed by atoms with Gasteiger partial charge in [-0.1, -0.05) is 12.1 Å². The topological polar surface area (TPSA) is 69.9 Å². The molecule has 1 N–H and O–H groups in total. The van der Waals surface area contributed by atoms with Gasteiger partial charge in [-0.15, -0.1) is 0 Å². The Balaban J connectivity index is 1.85. The predicted octanol–water partition coefficient (Wildman–Crippen LogP) is 3.65. The van der Waals surface area contributed by atoms with Crippen LogP contribution in [0.2, 0.25) is 0 Å². The molecule has 0 saturated carbocycles. The third-order valence-corrected chi connectivity index (χ3v) is 4.18. The zero-order valence-corrected chi connectivity index (χ0v) is 14.7. The number of para-hydroxylation sites is 2. The van der Waals surface area contributed by atoms with Crippen LogP contribution in [0.25, 0.3) is 16.6 Å². The summed E-state index contributed by atoms with van der Waals surface area (Å²) < 4.78 is 18.2. The number of ether oxygens (including phenoxy) is 3. The maximum atomic E-state index is 5.42. The maximum Gasteiger partial charge on any atom is 0.203 e. The maximum absolute atomic E-state index is 5.42. The van der Waals surface area contributed by atoms with E-state index in [-0.39, 0.29) is 0 Å². The van der Waals surface area contributed by atoms with Crippen molar-refractivity contribution < 1.29 is 14.2 Å². The summed E-state index contributed by atoms with van der Waals surface area (Å²) in [5, 5.41) is 3.34. The number of rotatable bonds is 5. The lowest BCUT2D eigenvalue weighted by atomic mass is 10.2. The van der Waals surface area contributed by atoms with Gasteiger partial charge in [0.1, 0.15) is 5.52 Å². The first kappa shape index (κ1) is 16.0. The van der Waals surface area contributed by atoms with Crippen molar-refractivity contribution >= 4 is 28.1 Å². The van der Waals surface area contributed by atoms with Gasteiger partial charge < -0.3 is 19.5 Å². The van der Waals surface area contributed by atoms with Crippen LogP contribution in [0.4, 0.5) is 11.5 Å². The molecule has 4 aromatic rings. The van der Waals surface area contributed by atoms with Gasteiger partial charge in [0.2, 0.25) is 5.75 Å². The van der Waals surface area contributed by atoms with Crippen molar-refractivity contribution in [1.82, 2.24) is 14.4 Å². The standard InChI is InChI=1S/C19H18N4O3/c1-24-16-8-12(9-17(25-2)18(16)26-3)21-19-15-10-20-11-23(15)14-7-5-4-6-13(14)22-19/h4-11H,1-3H3,(H,21,22). The van der Waals surface area contributed by atoms with E-state index in [4.69, 9.17) is 19.2 Å². The normalized spacial score (nSPS) is 10.9. The van der Waals surface area contributed by atoms with E-state index >= 15 is 0 Å². The number of methoxy groups -OCH3 is 3. The smallest absolute Gasteiger partial charge is 0.203 e. The molecule has 2 heterocycles. The number of benzene rings is 2. The summed E-state index contributed by atoms with van der Waals surface area (Å²) in [6, 6.07) is 11.6. The molecule has 0 fully saturated rings. The molecule has 26 heavy (non-hydrogen) atoms. The van der Waals surface area contributed by atoms with Crippen LogP contribution < -0.4 is 19.5 Å². The van der Waals surface area contributed by atoms with Crippen LogP contribution >= 0.6 is 0 Å². The van der Waals surface area contributed by atoms with Crippen LogP contribution in [0.3, 0.4) is 0 Å². The molecule has 0 amide bonds. The lowest BCUT2D eigenvalue weighted by Gasteiger charge is -2.15. The fourth-order valence-electron chi connectivity index (χ4n) is 2.98. The van der Waals surface area contributed by atoms with Crippen LogP contribution in [0.5, 0.6) is 17.2 Å². The fraction of sp³-hybridized carbons (Fsp3) is 0.158. The Hall–Kier alpha value is -3.48. The van der Waals surface area contributed by atoms with Gasteiger partial charge in [-0.05, 0) is 12.1 Å². The number of hydrogen-bond donors (Lipinski definition) is 1. The average Bonchev–Trinajstić information content (AvgIpc) is 3.17. The molecule has 7 nitrogen and oxygen atoms in total. The van der Waals surface area contributed by atoms with Crippen molar-refractivity contribution in [3.05, 3.63) is 48.9 Å². The van der Waals surface area contributed by atoms with Crippen LogP contribution in [0, 0.1) is 0 Å². The van der Waals surface area contributed by atoms with Gasteiger partial charge >= 0.3 is 0 Å². The van der Waals surface area contributed by atoms with Gasteiger partial charge in [0.25, 0.3) is 0 Å². The highest BCUT2D eigenvalue weighted by molar-refractivity contribution is 5.86. The third-order valence-electron chi connectivity index (χ3n) is 4.18. The minimum atomic E-state index is 0.543. The molecule has 132 valence electrons. The van der Waals surface area contributed by atoms with Gasteiger partial charge in [0.15, 0.2) is 17.3 Å². The number of hydrogen-bond acceptors (Lipinski definition) is 6. The first-order chi connectivity index (χ1) is 12.7. The summed E-state index contributed by atoms with van der Waals surface area (Å²) in [6.45, 7) is 0. The van der Waals surface area contributed by atoms with Crippen LogP contribution in [-0.2, 0) is 0 Å². The van der Waals surface area contributed by atoms with Crippen molar-refractivity contribution in [3.8, 4) is 17.2 Å². The summed E-state index contributed by atoms with van der Waals surface area (Å²) in [6.07, 6.45) is 3.56. The molecule has 0 atom stereocenters. The first-order valence-corrected chi connectivity index (χ1v) is 8.03. The average molecular weight is 350 g/mol. The Morgan fingerprint density at radius 3 is 2.35 bits per heavy atom. The van der Waals surface area contributed by atoms with E-state index in [9.17, 15) is 0 Å². The Morgan fingerprint density at radius 1 is 0.923 bits per heavy atom. The fourth-order valence-corrected chi connectivity index (χ4v) is 2.98. The molecule has 0 aliphatic carbocycles. The number of nitrogens with zero attached hydrogens (tertiary/aromatic N) is 3. The molecule has 7 heteroatoms. The monoisotopic (exact) mass is 350 g/mol. The van der Waals surface area contributed by atoms with E-state index in [2.05, 4.69) is 10.3 Å². The molecule has 0 unspecified atom stereocenters. The van der Waals surface area contributed by atoms with Crippen molar-refractivity contribution in [2.75, 3.05) is 26.6 Å². The van der Waals surface area contributed by atoms with Gasteiger partial charge in [-0.25, -0.2) is 9.97 Å². The molecule has 2 aromatic carbocycles. The van der Waals surface area contributed by atoms with Crippen molar-refractivity contribution in [2.45, 2.75) is 0 Å². The predicted molar refractivity (Wildman–Crippen MR) is 99.9 cm³/mol. The van der Waals surface area contributed by atoms with Crippen molar-refractivity contribution in [2.24, 2.45) is 0 Å². The molecule has 4 rings (SSSR count). The molecule has 0 aliphatic rings. The summed E-state index contributed by atoms with van der Waals surface area (Å²) in [5.41, 5.74) is 3.51. The lowest BCUT2D eigenvalue weighted by Crippen LogP contribution is -2.01. The van der Waals surface area contributed by atoms with E-state index in [1.54, 1.807) is 33.9 Å². The van der Waals surface area contributed by atoms with E-state index < -0.39 is 0 Å². The SMILES string of the molecule is COc1cc(Nc2nc3ccccc3n3cncc23)cc(OC)c1OC. The highest BCUT2D eigenvalue weighted by Gasteiger charge is 2.15. The number of fused-ring (bicyclic) bond motifs is 3. The Labute approximate surface area is 150 Å². The lowest BCUT2D eigenvalue weighted by molar-refractivity contribution is 0.324. The molecule has 0 radical (unpaired) electrons. The summed E-state index contributed by atoms with van der Waals surface area (Å²) in [5.74, 6) is 2.37. The summed E-state index contributed by atoms with van der Waals surface area (Å²) >= 11 is 0. The van der Waals surface area contributed by atoms with E-state index in [1.807, 2.05) is 40.8 Å². The van der Waals surface area contributed by atoms with Crippen molar-refractivity contribution in [1.29, 1.82) is 0 Å². The van der Waals surface area contributed by atoms with Gasteiger partial charge in [0, 0.05) is 17.8 Å². The molecular weight excluding hydrogens is 332 g/mol. The number of anilines is 2. The highest BCUT2D eigenvalue weighted by Crippen LogP contribution is 2.40. The Bertz CT molecular complexity index is 1070. The quantitative estimate of drug-likeness (QED) is 0.592. The van der Waals surface area contributed by atoms with E-state index in [0.717, 1.165) is 22.2 Å². The molecule has 2 aromatic heterocycles. The van der Waals surface area contributed by atoms with Gasteiger partial charge in [-0.3, -0.25) is 4.40 Å². The first-order valence-electron chi connectivity index (χ1n) is 8.03. The van der Waals surface area contributed by atoms with Crippen LogP contribution in [-0.4, -0.2) is 35.7 Å². The highest BCUT2D eigenvalue weighted by atomic mass is 16.5. The van der Waals surface area contributed by atoms with Crippen LogP contribution in [0.15, 0.2) is 48.9 Å².